The molecule has 4 aromatic rings. The van der Waals surface area contributed by atoms with Crippen LogP contribution in [-0.2, 0) is 13.1 Å². The van der Waals surface area contributed by atoms with E-state index in [-0.39, 0.29) is 6.79 Å². The Labute approximate surface area is 191 Å². The Kier molecular flexibility index (Phi) is 6.39. The first kappa shape index (κ1) is 20.6. The monoisotopic (exact) mass is 447 g/mol. The molecule has 0 N–H and O–H groups in total. The van der Waals surface area contributed by atoms with Crippen LogP contribution in [-0.4, -0.2) is 37.1 Å². The lowest BCUT2D eigenvalue weighted by Gasteiger charge is -2.11. The van der Waals surface area contributed by atoms with Gasteiger partial charge in [-0.3, -0.25) is 9.25 Å². The molecule has 0 radical (unpaired) electrons. The Morgan fingerprint density at radius 2 is 1.81 bits per heavy atom. The van der Waals surface area contributed by atoms with Gasteiger partial charge in [-0.25, -0.2) is 0 Å². The van der Waals surface area contributed by atoms with Crippen molar-refractivity contribution >= 4 is 11.8 Å². The van der Waals surface area contributed by atoms with Crippen LogP contribution in [0, 0.1) is 0 Å². The highest BCUT2D eigenvalue weighted by Crippen LogP contribution is 2.33. The molecule has 0 unspecified atom stereocenters. The average Bonchev–Trinajstić information content (AvgIpc) is 3.58. The molecule has 2 aromatic heterocycles. The van der Waals surface area contributed by atoms with Gasteiger partial charge in [-0.15, -0.1) is 10.2 Å². The summed E-state index contributed by atoms with van der Waals surface area (Å²) in [7, 11) is 0. The van der Waals surface area contributed by atoms with Gasteiger partial charge in [0.25, 0.3) is 0 Å². The number of unbranched alkanes of at least 4 members (excludes halogenated alkanes) is 2. The van der Waals surface area contributed by atoms with E-state index in [1.165, 1.54) is 0 Å². The molecule has 7 nitrogen and oxygen atoms in total. The molecule has 8 heteroatoms. The van der Waals surface area contributed by atoms with Crippen molar-refractivity contribution in [3.63, 3.8) is 0 Å². The van der Waals surface area contributed by atoms with Crippen LogP contribution in [0.3, 0.4) is 0 Å². The zero-order valence-corrected chi connectivity index (χ0v) is 18.6. The van der Waals surface area contributed by atoms with Crippen LogP contribution in [0.25, 0.3) is 11.4 Å². The molecule has 0 saturated carbocycles. The summed E-state index contributed by atoms with van der Waals surface area (Å²) in [4.78, 5) is 0. The molecule has 0 fully saturated rings. The number of aromatic nitrogens is 5. The first-order valence-corrected chi connectivity index (χ1v) is 11.8. The van der Waals surface area contributed by atoms with Crippen LogP contribution < -0.4 is 9.47 Å². The van der Waals surface area contributed by atoms with Crippen molar-refractivity contribution in [2.24, 2.45) is 0 Å². The molecular weight excluding hydrogens is 422 g/mol. The third-order valence-corrected chi connectivity index (χ3v) is 6.40. The third kappa shape index (κ3) is 4.80. The summed E-state index contributed by atoms with van der Waals surface area (Å²) in [6, 6.07) is 18.3. The number of hydrogen-bond acceptors (Lipinski definition) is 6. The van der Waals surface area contributed by atoms with E-state index in [0.717, 1.165) is 65.2 Å². The quantitative estimate of drug-likeness (QED) is 0.255. The zero-order valence-electron chi connectivity index (χ0n) is 17.8. The molecule has 2 aromatic carbocycles. The fraction of sp³-hybridized carbons (Fsp3) is 0.292. The Morgan fingerprint density at radius 1 is 0.906 bits per heavy atom. The van der Waals surface area contributed by atoms with Gasteiger partial charge in [0.1, 0.15) is 0 Å². The molecule has 0 aliphatic carbocycles. The fourth-order valence-corrected chi connectivity index (χ4v) is 4.65. The van der Waals surface area contributed by atoms with Crippen LogP contribution in [0.4, 0.5) is 0 Å². The second kappa shape index (κ2) is 9.91. The molecule has 0 amide bonds. The largest absolute Gasteiger partial charge is 0.454 e. The number of nitrogens with zero attached hydrogens (tertiary/aromatic N) is 5. The Balaban J connectivity index is 1.27. The van der Waals surface area contributed by atoms with E-state index in [2.05, 4.69) is 38.1 Å². The summed E-state index contributed by atoms with van der Waals surface area (Å²) in [6.07, 6.45) is 7.26. The molecule has 3 heterocycles. The maximum atomic E-state index is 5.56. The lowest BCUT2D eigenvalue weighted by Crippen LogP contribution is -2.04. The predicted molar refractivity (Wildman–Crippen MR) is 124 cm³/mol. The van der Waals surface area contributed by atoms with E-state index in [1.54, 1.807) is 11.8 Å². The molecule has 164 valence electrons. The second-order valence-corrected chi connectivity index (χ2v) is 8.69. The van der Waals surface area contributed by atoms with E-state index in [1.807, 2.05) is 53.5 Å². The molecular formula is C24H25N5O2S. The molecule has 1 aliphatic rings. The molecule has 32 heavy (non-hydrogen) atoms. The van der Waals surface area contributed by atoms with Crippen molar-refractivity contribution in [1.82, 2.24) is 24.5 Å². The van der Waals surface area contributed by atoms with Gasteiger partial charge < -0.3 is 9.47 Å². The SMILES string of the molecule is c1ccc(-c2nnc(SCCCCCn3cccn3)n2Cc2ccc3c(c2)OCO3)cc1. The van der Waals surface area contributed by atoms with Crippen LogP contribution in [0.5, 0.6) is 11.5 Å². The molecule has 0 bridgehead atoms. The van der Waals surface area contributed by atoms with Gasteiger partial charge in [-0.1, -0.05) is 54.6 Å². The van der Waals surface area contributed by atoms with E-state index < -0.39 is 0 Å². The summed E-state index contributed by atoms with van der Waals surface area (Å²) in [5.41, 5.74) is 2.19. The van der Waals surface area contributed by atoms with Crippen molar-refractivity contribution in [2.75, 3.05) is 12.5 Å². The van der Waals surface area contributed by atoms with E-state index in [0.29, 0.717) is 6.54 Å². The number of thioether (sulfide) groups is 1. The number of rotatable bonds is 10. The van der Waals surface area contributed by atoms with Gasteiger partial charge >= 0.3 is 0 Å². The fourth-order valence-electron chi connectivity index (χ4n) is 3.71. The molecule has 0 saturated heterocycles. The van der Waals surface area contributed by atoms with Crippen molar-refractivity contribution < 1.29 is 9.47 Å². The average molecular weight is 448 g/mol. The predicted octanol–water partition coefficient (Wildman–Crippen LogP) is 4.88. The number of benzene rings is 2. The number of fused-ring (bicyclic) bond motifs is 1. The Morgan fingerprint density at radius 3 is 2.69 bits per heavy atom. The minimum Gasteiger partial charge on any atom is -0.454 e. The summed E-state index contributed by atoms with van der Waals surface area (Å²) in [5, 5.41) is 14.3. The van der Waals surface area contributed by atoms with Crippen LogP contribution >= 0.6 is 11.8 Å². The third-order valence-electron chi connectivity index (χ3n) is 5.35. The Hall–Kier alpha value is -3.26. The summed E-state index contributed by atoms with van der Waals surface area (Å²) in [5.74, 6) is 3.48. The highest BCUT2D eigenvalue weighted by Gasteiger charge is 2.17. The van der Waals surface area contributed by atoms with E-state index in [4.69, 9.17) is 9.47 Å². The Bertz CT molecular complexity index is 1140. The molecule has 0 spiro atoms. The molecule has 5 rings (SSSR count). The highest BCUT2D eigenvalue weighted by molar-refractivity contribution is 7.99. The number of aryl methyl sites for hydroxylation is 1. The van der Waals surface area contributed by atoms with Crippen LogP contribution in [0.15, 0.2) is 72.1 Å². The number of hydrogen-bond donors (Lipinski definition) is 0. The van der Waals surface area contributed by atoms with E-state index >= 15 is 0 Å². The van der Waals surface area contributed by atoms with Gasteiger partial charge in [0.15, 0.2) is 22.5 Å². The van der Waals surface area contributed by atoms with Crippen LogP contribution in [0.1, 0.15) is 24.8 Å². The van der Waals surface area contributed by atoms with Gasteiger partial charge in [0.2, 0.25) is 6.79 Å². The minimum atomic E-state index is 0.280. The van der Waals surface area contributed by atoms with Crippen LogP contribution in [0.2, 0.25) is 0 Å². The molecule has 1 aliphatic heterocycles. The van der Waals surface area contributed by atoms with Crippen molar-refractivity contribution in [1.29, 1.82) is 0 Å². The summed E-state index contributed by atoms with van der Waals surface area (Å²) < 4.78 is 15.2. The first-order chi connectivity index (χ1) is 15.9. The lowest BCUT2D eigenvalue weighted by atomic mass is 10.2. The minimum absolute atomic E-state index is 0.280. The number of ether oxygens (including phenoxy) is 2. The maximum absolute atomic E-state index is 5.56. The highest BCUT2D eigenvalue weighted by atomic mass is 32.2. The van der Waals surface area contributed by atoms with E-state index in [9.17, 15) is 0 Å². The standard InChI is InChI=1S/C24H25N5O2S/c1-3-8-20(9-4-1)23-26-27-24(32-15-6-2-5-13-28-14-7-12-25-28)29(23)17-19-10-11-21-22(16-19)31-18-30-21/h1,3-4,7-12,14,16H,2,5-6,13,15,17-18H2. The van der Waals surface area contributed by atoms with Crippen molar-refractivity contribution in [3.05, 3.63) is 72.6 Å². The normalized spacial score (nSPS) is 12.4. The van der Waals surface area contributed by atoms with Gasteiger partial charge in [-0.05, 0) is 36.6 Å². The smallest absolute Gasteiger partial charge is 0.231 e. The van der Waals surface area contributed by atoms with Crippen molar-refractivity contribution in [3.8, 4) is 22.9 Å². The first-order valence-electron chi connectivity index (χ1n) is 10.8. The summed E-state index contributed by atoms with van der Waals surface area (Å²) in [6.45, 7) is 1.92. The zero-order chi connectivity index (χ0) is 21.6. The maximum Gasteiger partial charge on any atom is 0.231 e. The van der Waals surface area contributed by atoms with Crippen molar-refractivity contribution in [2.45, 2.75) is 37.5 Å². The van der Waals surface area contributed by atoms with Gasteiger partial charge in [0, 0.05) is 30.3 Å². The van der Waals surface area contributed by atoms with Gasteiger partial charge in [0.05, 0.1) is 6.54 Å². The van der Waals surface area contributed by atoms with Gasteiger partial charge in [-0.2, -0.15) is 5.10 Å². The topological polar surface area (TPSA) is 67.0 Å². The lowest BCUT2D eigenvalue weighted by molar-refractivity contribution is 0.174. The summed E-state index contributed by atoms with van der Waals surface area (Å²) >= 11 is 1.77. The second-order valence-electron chi connectivity index (χ2n) is 7.62. The molecule has 0 atom stereocenters.